The molecule has 0 saturated heterocycles. The number of aromatic nitrogens is 2. The van der Waals surface area contributed by atoms with Crippen LogP contribution in [-0.2, 0) is 0 Å². The maximum Gasteiger partial charge on any atom is 0.185 e. The summed E-state index contributed by atoms with van der Waals surface area (Å²) in [6, 6.07) is 6.76. The SMILES string of the molecule is O=C(/C=C/c1ncc[nH]1)c1ccc(Cl)cc1. The standard InChI is InChI=1S/C12H9ClN2O/c13-10-3-1-9(2-4-10)11(16)5-6-12-14-7-8-15-12/h1-8H,(H,14,15)/b6-5+. The summed E-state index contributed by atoms with van der Waals surface area (Å²) in [6.45, 7) is 0. The van der Waals surface area contributed by atoms with Crippen LogP contribution in [0.2, 0.25) is 5.02 Å². The molecule has 0 saturated carbocycles. The van der Waals surface area contributed by atoms with Gasteiger partial charge in [-0.2, -0.15) is 0 Å². The molecule has 1 aromatic carbocycles. The second-order valence-corrected chi connectivity index (χ2v) is 3.62. The Labute approximate surface area is 97.8 Å². The third-order valence-electron chi connectivity index (χ3n) is 2.04. The second-order valence-electron chi connectivity index (χ2n) is 3.18. The van der Waals surface area contributed by atoms with Crippen LogP contribution in [0.4, 0.5) is 0 Å². The van der Waals surface area contributed by atoms with E-state index >= 15 is 0 Å². The first-order valence-corrected chi connectivity index (χ1v) is 5.11. The number of hydrogen-bond acceptors (Lipinski definition) is 2. The van der Waals surface area contributed by atoms with Crippen LogP contribution in [0.3, 0.4) is 0 Å². The molecule has 0 radical (unpaired) electrons. The molecule has 0 aliphatic rings. The van der Waals surface area contributed by atoms with Crippen molar-refractivity contribution in [1.82, 2.24) is 9.97 Å². The lowest BCUT2D eigenvalue weighted by atomic mass is 10.1. The van der Waals surface area contributed by atoms with E-state index in [0.29, 0.717) is 16.4 Å². The van der Waals surface area contributed by atoms with Gasteiger partial charge in [-0.3, -0.25) is 4.79 Å². The van der Waals surface area contributed by atoms with Gasteiger partial charge in [0.15, 0.2) is 5.78 Å². The van der Waals surface area contributed by atoms with Crippen molar-refractivity contribution in [3.8, 4) is 0 Å². The molecule has 80 valence electrons. The van der Waals surface area contributed by atoms with Gasteiger partial charge in [-0.15, -0.1) is 0 Å². The van der Waals surface area contributed by atoms with Gasteiger partial charge in [0.2, 0.25) is 0 Å². The quantitative estimate of drug-likeness (QED) is 0.653. The molecule has 4 heteroatoms. The summed E-state index contributed by atoms with van der Waals surface area (Å²) in [5, 5.41) is 0.617. The number of nitrogens with zero attached hydrogens (tertiary/aromatic N) is 1. The minimum Gasteiger partial charge on any atom is -0.345 e. The number of ketones is 1. The minimum atomic E-state index is -0.0759. The van der Waals surface area contributed by atoms with Crippen molar-refractivity contribution in [2.75, 3.05) is 0 Å². The summed E-state index contributed by atoms with van der Waals surface area (Å²) in [7, 11) is 0. The Bertz CT molecular complexity index is 500. The van der Waals surface area contributed by atoms with Crippen molar-refractivity contribution >= 4 is 23.5 Å². The predicted octanol–water partition coefficient (Wildman–Crippen LogP) is 2.96. The highest BCUT2D eigenvalue weighted by molar-refractivity contribution is 6.30. The lowest BCUT2D eigenvalue weighted by molar-refractivity contribution is 0.104. The molecule has 2 rings (SSSR count). The van der Waals surface area contributed by atoms with E-state index in [2.05, 4.69) is 9.97 Å². The van der Waals surface area contributed by atoms with Gasteiger partial charge in [-0.05, 0) is 36.4 Å². The first-order valence-electron chi connectivity index (χ1n) is 4.73. The van der Waals surface area contributed by atoms with Gasteiger partial charge in [-0.25, -0.2) is 4.98 Å². The first-order chi connectivity index (χ1) is 7.75. The molecule has 0 aliphatic carbocycles. The lowest BCUT2D eigenvalue weighted by Gasteiger charge is -1.94. The van der Waals surface area contributed by atoms with E-state index in [1.807, 2.05) is 0 Å². The summed E-state index contributed by atoms with van der Waals surface area (Å²) in [6.07, 6.45) is 6.44. The Hall–Kier alpha value is -1.87. The van der Waals surface area contributed by atoms with E-state index in [1.54, 1.807) is 42.7 Å². The van der Waals surface area contributed by atoms with E-state index in [4.69, 9.17) is 11.6 Å². The zero-order chi connectivity index (χ0) is 11.4. The highest BCUT2D eigenvalue weighted by Gasteiger charge is 2.00. The Morgan fingerprint density at radius 3 is 2.69 bits per heavy atom. The number of carbonyl (C=O) groups excluding carboxylic acids is 1. The number of nitrogens with one attached hydrogen (secondary N) is 1. The number of imidazole rings is 1. The molecular formula is C12H9ClN2O. The van der Waals surface area contributed by atoms with Crippen LogP contribution >= 0.6 is 11.6 Å². The highest BCUT2D eigenvalue weighted by Crippen LogP contribution is 2.10. The Kier molecular flexibility index (Phi) is 3.17. The van der Waals surface area contributed by atoms with E-state index in [1.165, 1.54) is 6.08 Å². The Morgan fingerprint density at radius 2 is 2.06 bits per heavy atom. The normalized spacial score (nSPS) is 10.8. The van der Waals surface area contributed by atoms with Crippen LogP contribution in [-0.4, -0.2) is 15.8 Å². The maximum atomic E-state index is 11.7. The summed E-state index contributed by atoms with van der Waals surface area (Å²) in [5.41, 5.74) is 0.604. The molecule has 16 heavy (non-hydrogen) atoms. The number of hydrogen-bond donors (Lipinski definition) is 1. The smallest absolute Gasteiger partial charge is 0.185 e. The number of H-pyrrole nitrogens is 1. The molecule has 0 bridgehead atoms. The molecular weight excluding hydrogens is 224 g/mol. The summed E-state index contributed by atoms with van der Waals surface area (Å²) >= 11 is 5.73. The van der Waals surface area contributed by atoms with Crippen LogP contribution in [0.15, 0.2) is 42.7 Å². The Balaban J connectivity index is 2.11. The zero-order valence-electron chi connectivity index (χ0n) is 8.35. The predicted molar refractivity (Wildman–Crippen MR) is 63.4 cm³/mol. The monoisotopic (exact) mass is 232 g/mol. The summed E-state index contributed by atoms with van der Waals surface area (Å²) in [5.74, 6) is 0.579. The first kappa shape index (κ1) is 10.6. The van der Waals surface area contributed by atoms with Gasteiger partial charge >= 0.3 is 0 Å². The number of allylic oxidation sites excluding steroid dienone is 1. The van der Waals surface area contributed by atoms with E-state index in [0.717, 1.165) is 0 Å². The van der Waals surface area contributed by atoms with Crippen molar-refractivity contribution in [2.45, 2.75) is 0 Å². The van der Waals surface area contributed by atoms with Crippen molar-refractivity contribution in [3.05, 3.63) is 59.1 Å². The number of rotatable bonds is 3. The summed E-state index contributed by atoms with van der Waals surface area (Å²) in [4.78, 5) is 18.5. The topological polar surface area (TPSA) is 45.8 Å². The summed E-state index contributed by atoms with van der Waals surface area (Å²) < 4.78 is 0. The maximum absolute atomic E-state index is 11.7. The average Bonchev–Trinajstić information content (AvgIpc) is 2.80. The van der Waals surface area contributed by atoms with Crippen molar-refractivity contribution < 1.29 is 4.79 Å². The van der Waals surface area contributed by atoms with Gasteiger partial charge in [0.25, 0.3) is 0 Å². The van der Waals surface area contributed by atoms with Crippen molar-refractivity contribution in [3.63, 3.8) is 0 Å². The van der Waals surface area contributed by atoms with Crippen LogP contribution in [0, 0.1) is 0 Å². The molecule has 1 N–H and O–H groups in total. The molecule has 0 atom stereocenters. The number of carbonyl (C=O) groups is 1. The van der Waals surface area contributed by atoms with Gasteiger partial charge < -0.3 is 4.98 Å². The molecule has 2 aromatic rings. The van der Waals surface area contributed by atoms with Gasteiger partial charge in [0, 0.05) is 23.0 Å². The Morgan fingerprint density at radius 1 is 1.31 bits per heavy atom. The molecule has 0 unspecified atom stereocenters. The number of aromatic amines is 1. The fourth-order valence-corrected chi connectivity index (χ4v) is 1.36. The fraction of sp³-hybridized carbons (Fsp3) is 0. The third kappa shape index (κ3) is 2.58. The van der Waals surface area contributed by atoms with Crippen LogP contribution in [0.25, 0.3) is 6.08 Å². The average molecular weight is 233 g/mol. The van der Waals surface area contributed by atoms with E-state index in [-0.39, 0.29) is 5.78 Å². The third-order valence-corrected chi connectivity index (χ3v) is 2.29. The van der Waals surface area contributed by atoms with Gasteiger partial charge in [0.05, 0.1) is 0 Å². The molecule has 1 heterocycles. The van der Waals surface area contributed by atoms with Crippen LogP contribution < -0.4 is 0 Å². The van der Waals surface area contributed by atoms with E-state index < -0.39 is 0 Å². The van der Waals surface area contributed by atoms with Crippen LogP contribution in [0.5, 0.6) is 0 Å². The highest BCUT2D eigenvalue weighted by atomic mass is 35.5. The van der Waals surface area contributed by atoms with Crippen LogP contribution in [0.1, 0.15) is 16.2 Å². The molecule has 0 aliphatic heterocycles. The lowest BCUT2D eigenvalue weighted by Crippen LogP contribution is -1.93. The van der Waals surface area contributed by atoms with Crippen molar-refractivity contribution in [1.29, 1.82) is 0 Å². The molecule has 0 fully saturated rings. The largest absolute Gasteiger partial charge is 0.345 e. The molecule has 3 nitrogen and oxygen atoms in total. The fourth-order valence-electron chi connectivity index (χ4n) is 1.23. The molecule has 0 amide bonds. The van der Waals surface area contributed by atoms with Gasteiger partial charge in [0.1, 0.15) is 5.82 Å². The minimum absolute atomic E-state index is 0.0759. The second kappa shape index (κ2) is 4.77. The molecule has 0 spiro atoms. The number of benzene rings is 1. The van der Waals surface area contributed by atoms with E-state index in [9.17, 15) is 4.79 Å². The molecule has 1 aromatic heterocycles. The van der Waals surface area contributed by atoms with Crippen molar-refractivity contribution in [2.24, 2.45) is 0 Å². The zero-order valence-corrected chi connectivity index (χ0v) is 9.11. The van der Waals surface area contributed by atoms with Gasteiger partial charge in [-0.1, -0.05) is 11.6 Å². The number of halogens is 1.